The Bertz CT molecular complexity index is 1040. The molecule has 0 radical (unpaired) electrons. The fraction of sp³-hybridized carbons (Fsp3) is 0.368. The second kappa shape index (κ2) is 6.40. The van der Waals surface area contributed by atoms with Crippen LogP contribution in [0.15, 0.2) is 41.3 Å². The van der Waals surface area contributed by atoms with Crippen molar-refractivity contribution in [3.05, 3.63) is 58.5 Å². The number of benzene rings is 1. The summed E-state index contributed by atoms with van der Waals surface area (Å²) >= 11 is 0. The number of nitrogens with zero attached hydrogens (tertiary/aromatic N) is 4. The number of aromatic nitrogens is 4. The summed E-state index contributed by atoms with van der Waals surface area (Å²) in [5, 5.41) is 8.89. The highest BCUT2D eigenvalue weighted by molar-refractivity contribution is 5.83. The average molecular weight is 351 g/mol. The van der Waals surface area contributed by atoms with Crippen LogP contribution in [0, 0.1) is 6.92 Å². The fourth-order valence-corrected chi connectivity index (χ4v) is 3.53. The predicted molar refractivity (Wildman–Crippen MR) is 97.8 cm³/mol. The molecule has 0 saturated heterocycles. The minimum atomic E-state index is -0.605. The molecule has 2 unspecified atom stereocenters. The summed E-state index contributed by atoms with van der Waals surface area (Å²) in [5.41, 5.74) is -0.159. The summed E-state index contributed by atoms with van der Waals surface area (Å²) in [6.45, 7) is 4.41. The summed E-state index contributed by atoms with van der Waals surface area (Å²) in [4.78, 5) is 30.0. The minimum absolute atomic E-state index is 0.159. The van der Waals surface area contributed by atoms with E-state index in [-0.39, 0.29) is 17.5 Å². The smallest absolute Gasteiger partial charge is 0.259 e. The monoisotopic (exact) mass is 351 g/mol. The van der Waals surface area contributed by atoms with E-state index in [0.717, 1.165) is 30.6 Å². The van der Waals surface area contributed by atoms with Crippen molar-refractivity contribution in [2.45, 2.75) is 45.3 Å². The van der Waals surface area contributed by atoms with Crippen molar-refractivity contribution in [2.75, 3.05) is 0 Å². The van der Waals surface area contributed by atoms with Gasteiger partial charge in [0.05, 0.1) is 6.04 Å². The number of carbonyl (C=O) groups is 1. The molecule has 7 heteroatoms. The van der Waals surface area contributed by atoms with E-state index in [4.69, 9.17) is 0 Å². The van der Waals surface area contributed by atoms with Crippen LogP contribution in [0.3, 0.4) is 0 Å². The molecule has 0 spiro atoms. The SMILES string of the molecule is Cc1nc2n(n1)CCCC2NC(=O)C(C)n1ccc2ccccc2c1=O. The second-order valence-electron chi connectivity index (χ2n) is 6.74. The van der Waals surface area contributed by atoms with Gasteiger partial charge >= 0.3 is 0 Å². The van der Waals surface area contributed by atoms with Crippen molar-refractivity contribution in [2.24, 2.45) is 0 Å². The Morgan fingerprint density at radius 2 is 2.12 bits per heavy atom. The molecule has 1 aromatic carbocycles. The Hall–Kier alpha value is -2.96. The zero-order valence-electron chi connectivity index (χ0n) is 14.8. The van der Waals surface area contributed by atoms with Crippen LogP contribution >= 0.6 is 0 Å². The van der Waals surface area contributed by atoms with Gasteiger partial charge in [-0.05, 0) is 44.2 Å². The van der Waals surface area contributed by atoms with Gasteiger partial charge < -0.3 is 9.88 Å². The van der Waals surface area contributed by atoms with E-state index in [9.17, 15) is 9.59 Å². The largest absolute Gasteiger partial charge is 0.344 e. The van der Waals surface area contributed by atoms with E-state index < -0.39 is 6.04 Å². The predicted octanol–water partition coefficient (Wildman–Crippen LogP) is 2.11. The lowest BCUT2D eigenvalue weighted by molar-refractivity contribution is -0.124. The number of rotatable bonds is 3. The van der Waals surface area contributed by atoms with Crippen molar-refractivity contribution >= 4 is 16.7 Å². The Kier molecular flexibility index (Phi) is 4.06. The van der Waals surface area contributed by atoms with Gasteiger partial charge in [-0.1, -0.05) is 18.2 Å². The standard InChI is InChI=1S/C19H21N5O2/c1-12(23-11-9-14-6-3-4-7-15(14)19(23)26)18(25)21-16-8-5-10-24-17(16)20-13(2)22-24/h3-4,6-7,9,11-12,16H,5,8,10H2,1-2H3,(H,21,25). The summed E-state index contributed by atoms with van der Waals surface area (Å²) in [7, 11) is 0. The van der Waals surface area contributed by atoms with Gasteiger partial charge in [-0.2, -0.15) is 5.10 Å². The molecule has 0 saturated carbocycles. The first-order chi connectivity index (χ1) is 12.5. The van der Waals surface area contributed by atoms with Crippen LogP contribution in [0.4, 0.5) is 0 Å². The van der Waals surface area contributed by atoms with Gasteiger partial charge in [-0.3, -0.25) is 9.59 Å². The highest BCUT2D eigenvalue weighted by atomic mass is 16.2. The fourth-order valence-electron chi connectivity index (χ4n) is 3.53. The van der Waals surface area contributed by atoms with E-state index >= 15 is 0 Å². The van der Waals surface area contributed by atoms with Gasteiger partial charge in [0.25, 0.3) is 5.56 Å². The van der Waals surface area contributed by atoms with Crippen molar-refractivity contribution in [3.63, 3.8) is 0 Å². The third-order valence-corrected chi connectivity index (χ3v) is 4.93. The number of hydrogen-bond acceptors (Lipinski definition) is 4. The van der Waals surface area contributed by atoms with E-state index in [0.29, 0.717) is 11.2 Å². The Morgan fingerprint density at radius 3 is 2.96 bits per heavy atom. The summed E-state index contributed by atoms with van der Waals surface area (Å²) in [5.74, 6) is 1.31. The Morgan fingerprint density at radius 1 is 1.31 bits per heavy atom. The van der Waals surface area contributed by atoms with Crippen LogP contribution in [0.2, 0.25) is 0 Å². The zero-order valence-corrected chi connectivity index (χ0v) is 14.8. The molecular weight excluding hydrogens is 330 g/mol. The van der Waals surface area contributed by atoms with Gasteiger partial charge in [0.2, 0.25) is 5.91 Å². The number of carbonyl (C=O) groups excluding carboxylic acids is 1. The molecule has 0 bridgehead atoms. The normalized spacial score (nSPS) is 17.7. The maximum Gasteiger partial charge on any atom is 0.259 e. The lowest BCUT2D eigenvalue weighted by atomic mass is 10.1. The maximum atomic E-state index is 12.8. The molecule has 0 fully saturated rings. The summed E-state index contributed by atoms with van der Waals surface area (Å²) in [6, 6.07) is 8.48. The van der Waals surface area contributed by atoms with Crippen LogP contribution < -0.4 is 10.9 Å². The Labute approximate surface area is 150 Å². The molecule has 26 heavy (non-hydrogen) atoms. The molecule has 3 heterocycles. The number of amides is 1. The van der Waals surface area contributed by atoms with Crippen molar-refractivity contribution in [1.82, 2.24) is 24.6 Å². The van der Waals surface area contributed by atoms with Gasteiger partial charge in [-0.25, -0.2) is 9.67 Å². The van der Waals surface area contributed by atoms with Crippen LogP contribution in [0.1, 0.15) is 43.5 Å². The number of fused-ring (bicyclic) bond motifs is 2. The first-order valence-corrected chi connectivity index (χ1v) is 8.86. The first-order valence-electron chi connectivity index (χ1n) is 8.86. The molecule has 2 atom stereocenters. The van der Waals surface area contributed by atoms with Gasteiger partial charge in [0.1, 0.15) is 17.7 Å². The highest BCUT2D eigenvalue weighted by Crippen LogP contribution is 2.23. The summed E-state index contributed by atoms with van der Waals surface area (Å²) in [6.07, 6.45) is 3.44. The number of hydrogen-bond donors (Lipinski definition) is 1. The van der Waals surface area contributed by atoms with Crippen molar-refractivity contribution < 1.29 is 4.79 Å². The lowest BCUT2D eigenvalue weighted by Gasteiger charge is -2.25. The van der Waals surface area contributed by atoms with E-state index in [1.165, 1.54) is 4.57 Å². The molecule has 134 valence electrons. The average Bonchev–Trinajstić information content (AvgIpc) is 3.03. The second-order valence-corrected chi connectivity index (χ2v) is 6.74. The third-order valence-electron chi connectivity index (χ3n) is 4.93. The summed E-state index contributed by atoms with van der Waals surface area (Å²) < 4.78 is 3.34. The molecule has 7 nitrogen and oxygen atoms in total. The maximum absolute atomic E-state index is 12.8. The molecule has 0 aliphatic carbocycles. The van der Waals surface area contributed by atoms with Gasteiger partial charge in [-0.15, -0.1) is 0 Å². The van der Waals surface area contributed by atoms with E-state index in [2.05, 4.69) is 15.4 Å². The van der Waals surface area contributed by atoms with Crippen LogP contribution in [-0.2, 0) is 11.3 Å². The van der Waals surface area contributed by atoms with Crippen LogP contribution in [-0.4, -0.2) is 25.2 Å². The minimum Gasteiger partial charge on any atom is -0.344 e. The van der Waals surface area contributed by atoms with Crippen molar-refractivity contribution in [1.29, 1.82) is 0 Å². The zero-order chi connectivity index (χ0) is 18.3. The van der Waals surface area contributed by atoms with E-state index in [1.807, 2.05) is 35.9 Å². The van der Waals surface area contributed by atoms with Gasteiger partial charge in [0.15, 0.2) is 0 Å². The Balaban J connectivity index is 1.60. The molecule has 3 aromatic rings. The van der Waals surface area contributed by atoms with Crippen LogP contribution in [0.25, 0.3) is 10.8 Å². The molecule has 1 N–H and O–H groups in total. The number of aryl methyl sites for hydroxylation is 2. The number of nitrogens with one attached hydrogen (secondary N) is 1. The third kappa shape index (κ3) is 2.79. The molecule has 1 aliphatic rings. The molecule has 1 amide bonds. The topological polar surface area (TPSA) is 81.8 Å². The number of pyridine rings is 1. The molecule has 4 rings (SSSR count). The highest BCUT2D eigenvalue weighted by Gasteiger charge is 2.27. The van der Waals surface area contributed by atoms with Gasteiger partial charge in [0, 0.05) is 18.1 Å². The molecular formula is C19H21N5O2. The van der Waals surface area contributed by atoms with E-state index in [1.54, 1.807) is 19.2 Å². The quantitative estimate of drug-likeness (QED) is 0.784. The molecule has 1 aliphatic heterocycles. The first kappa shape index (κ1) is 16.5. The molecule has 2 aromatic heterocycles. The van der Waals surface area contributed by atoms with Crippen LogP contribution in [0.5, 0.6) is 0 Å². The lowest BCUT2D eigenvalue weighted by Crippen LogP contribution is -2.39. The van der Waals surface area contributed by atoms with Crippen molar-refractivity contribution in [3.8, 4) is 0 Å².